The number of fused-ring (bicyclic) bond motifs is 2. The Morgan fingerprint density at radius 3 is 2.28 bits per heavy atom. The summed E-state index contributed by atoms with van der Waals surface area (Å²) in [7, 11) is 0. The molecule has 130 valence electrons. The van der Waals surface area contributed by atoms with Gasteiger partial charge in [0, 0.05) is 20.9 Å². The molecule has 2 aromatic rings. The standard InChI is InChI=1S/C20H22N2O2S/c1-19(2,3)13-4-6-14(7-5-13)25-15-8-9-17-16(12-15)18(21)22-20(17)23-10-11-24-20/h4-9,12H,10-11H2,1-3H3,(H2,21,22). The van der Waals surface area contributed by atoms with Gasteiger partial charge in [-0.1, -0.05) is 44.7 Å². The first-order chi connectivity index (χ1) is 11.9. The molecule has 0 amide bonds. The van der Waals surface area contributed by atoms with Crippen LogP contribution in [0.3, 0.4) is 0 Å². The number of hydrogen-bond donors (Lipinski definition) is 1. The summed E-state index contributed by atoms with van der Waals surface area (Å²) in [6.45, 7) is 7.74. The molecule has 0 aromatic heterocycles. The Hall–Kier alpha value is -1.82. The fraction of sp³-hybridized carbons (Fsp3) is 0.350. The predicted octanol–water partition coefficient (Wildman–Crippen LogP) is 4.01. The molecule has 0 saturated carbocycles. The Bertz CT molecular complexity index is 832. The summed E-state index contributed by atoms with van der Waals surface area (Å²) < 4.78 is 11.4. The van der Waals surface area contributed by atoms with Gasteiger partial charge in [-0.2, -0.15) is 0 Å². The Morgan fingerprint density at radius 1 is 1.00 bits per heavy atom. The second-order valence-electron chi connectivity index (χ2n) is 7.36. The monoisotopic (exact) mass is 354 g/mol. The van der Waals surface area contributed by atoms with Gasteiger partial charge in [0.25, 0.3) is 0 Å². The summed E-state index contributed by atoms with van der Waals surface area (Å²) in [6, 6.07) is 14.9. The molecule has 0 aliphatic carbocycles. The van der Waals surface area contributed by atoms with Crippen LogP contribution in [-0.4, -0.2) is 19.0 Å². The number of ether oxygens (including phenoxy) is 2. The average molecular weight is 354 g/mol. The second kappa shape index (κ2) is 5.87. The molecule has 4 rings (SSSR count). The first-order valence-electron chi connectivity index (χ1n) is 8.44. The fourth-order valence-electron chi connectivity index (χ4n) is 3.13. The highest BCUT2D eigenvalue weighted by Crippen LogP contribution is 2.41. The molecule has 0 atom stereocenters. The molecule has 2 heterocycles. The summed E-state index contributed by atoms with van der Waals surface area (Å²) in [5.41, 5.74) is 9.41. The van der Waals surface area contributed by atoms with Crippen molar-refractivity contribution in [2.24, 2.45) is 10.7 Å². The van der Waals surface area contributed by atoms with E-state index in [9.17, 15) is 0 Å². The summed E-state index contributed by atoms with van der Waals surface area (Å²) in [5.74, 6) is -0.542. The Morgan fingerprint density at radius 2 is 1.64 bits per heavy atom. The van der Waals surface area contributed by atoms with Gasteiger partial charge in [0.1, 0.15) is 5.84 Å². The minimum Gasteiger partial charge on any atom is -0.383 e. The number of aliphatic imine (C=N–C) groups is 1. The second-order valence-corrected chi connectivity index (χ2v) is 8.51. The number of amidine groups is 1. The van der Waals surface area contributed by atoms with E-state index in [2.05, 4.69) is 62.2 Å². The molecule has 25 heavy (non-hydrogen) atoms. The van der Waals surface area contributed by atoms with E-state index in [1.165, 1.54) is 10.5 Å². The molecule has 2 aliphatic rings. The Kier molecular flexibility index (Phi) is 3.90. The van der Waals surface area contributed by atoms with Crippen LogP contribution in [0, 0.1) is 0 Å². The molecule has 5 heteroatoms. The molecule has 2 aliphatic heterocycles. The van der Waals surface area contributed by atoms with Gasteiger partial charge in [0.2, 0.25) is 0 Å². The van der Waals surface area contributed by atoms with E-state index in [4.69, 9.17) is 15.2 Å². The van der Waals surface area contributed by atoms with E-state index < -0.39 is 5.91 Å². The lowest BCUT2D eigenvalue weighted by Gasteiger charge is -2.19. The van der Waals surface area contributed by atoms with Crippen LogP contribution >= 0.6 is 11.8 Å². The lowest BCUT2D eigenvalue weighted by atomic mass is 9.87. The van der Waals surface area contributed by atoms with Crippen LogP contribution in [-0.2, 0) is 20.8 Å². The highest BCUT2D eigenvalue weighted by atomic mass is 32.2. The smallest absolute Gasteiger partial charge is 0.300 e. The summed E-state index contributed by atoms with van der Waals surface area (Å²) in [6.07, 6.45) is 0. The van der Waals surface area contributed by atoms with Crippen LogP contribution in [0.2, 0.25) is 0 Å². The average Bonchev–Trinajstić information content (AvgIpc) is 3.13. The van der Waals surface area contributed by atoms with E-state index in [-0.39, 0.29) is 5.41 Å². The topological polar surface area (TPSA) is 56.8 Å². The van der Waals surface area contributed by atoms with E-state index in [0.717, 1.165) is 16.0 Å². The molecule has 1 saturated heterocycles. The van der Waals surface area contributed by atoms with Crippen molar-refractivity contribution in [2.75, 3.05) is 13.2 Å². The van der Waals surface area contributed by atoms with Gasteiger partial charge in [-0.25, -0.2) is 4.99 Å². The van der Waals surface area contributed by atoms with Crippen LogP contribution in [0.15, 0.2) is 57.2 Å². The van der Waals surface area contributed by atoms with E-state index >= 15 is 0 Å². The molecule has 0 bridgehead atoms. The number of nitrogens with two attached hydrogens (primary N) is 1. The largest absolute Gasteiger partial charge is 0.383 e. The number of benzene rings is 2. The fourth-order valence-corrected chi connectivity index (χ4v) is 3.99. The zero-order chi connectivity index (χ0) is 17.7. The third-order valence-electron chi connectivity index (χ3n) is 4.51. The van der Waals surface area contributed by atoms with E-state index in [1.807, 2.05) is 6.07 Å². The van der Waals surface area contributed by atoms with Gasteiger partial charge in [-0.05, 0) is 41.3 Å². The van der Waals surface area contributed by atoms with Gasteiger partial charge in [0.05, 0.1) is 13.2 Å². The summed E-state index contributed by atoms with van der Waals surface area (Å²) >= 11 is 1.71. The number of nitrogens with zero attached hydrogens (tertiary/aromatic N) is 1. The van der Waals surface area contributed by atoms with Gasteiger partial charge in [0.15, 0.2) is 0 Å². The molecular weight excluding hydrogens is 332 g/mol. The third kappa shape index (κ3) is 2.97. The molecule has 0 radical (unpaired) electrons. The van der Waals surface area contributed by atoms with Crippen molar-refractivity contribution < 1.29 is 9.47 Å². The first-order valence-corrected chi connectivity index (χ1v) is 9.26. The highest BCUT2D eigenvalue weighted by Gasteiger charge is 2.45. The SMILES string of the molecule is CC(C)(C)c1ccc(Sc2ccc3c(c2)C(N)=NC32OCCO2)cc1. The molecule has 2 aromatic carbocycles. The van der Waals surface area contributed by atoms with Crippen LogP contribution in [0.4, 0.5) is 0 Å². The Balaban J connectivity index is 1.59. The van der Waals surface area contributed by atoms with Gasteiger partial charge >= 0.3 is 5.91 Å². The first kappa shape index (κ1) is 16.6. The molecule has 0 unspecified atom stereocenters. The van der Waals surface area contributed by atoms with Crippen LogP contribution in [0.5, 0.6) is 0 Å². The van der Waals surface area contributed by atoms with Crippen LogP contribution in [0.25, 0.3) is 0 Å². The van der Waals surface area contributed by atoms with Crippen LogP contribution in [0.1, 0.15) is 37.5 Å². The van der Waals surface area contributed by atoms with Crippen molar-refractivity contribution in [1.29, 1.82) is 0 Å². The van der Waals surface area contributed by atoms with Crippen molar-refractivity contribution in [3.05, 3.63) is 59.2 Å². The minimum atomic E-state index is -1.02. The summed E-state index contributed by atoms with van der Waals surface area (Å²) in [4.78, 5) is 6.73. The maximum Gasteiger partial charge on any atom is 0.300 e. The number of hydrogen-bond acceptors (Lipinski definition) is 5. The Labute approximate surface area is 152 Å². The van der Waals surface area contributed by atoms with Gasteiger partial charge in [-0.3, -0.25) is 0 Å². The molecule has 1 fully saturated rings. The highest BCUT2D eigenvalue weighted by molar-refractivity contribution is 7.99. The predicted molar refractivity (Wildman–Crippen MR) is 100 cm³/mol. The minimum absolute atomic E-state index is 0.164. The maximum absolute atomic E-state index is 6.11. The quantitative estimate of drug-likeness (QED) is 0.885. The normalized spacial score (nSPS) is 18.4. The molecular formula is C20H22N2O2S. The van der Waals surface area contributed by atoms with Crippen molar-refractivity contribution in [3.63, 3.8) is 0 Å². The maximum atomic E-state index is 6.11. The molecule has 2 N–H and O–H groups in total. The van der Waals surface area contributed by atoms with Crippen molar-refractivity contribution in [3.8, 4) is 0 Å². The lowest BCUT2D eigenvalue weighted by Crippen LogP contribution is -2.22. The van der Waals surface area contributed by atoms with E-state index in [1.54, 1.807) is 11.8 Å². The van der Waals surface area contributed by atoms with Crippen molar-refractivity contribution in [2.45, 2.75) is 41.9 Å². The lowest BCUT2D eigenvalue weighted by molar-refractivity contribution is -0.155. The zero-order valence-electron chi connectivity index (χ0n) is 14.7. The van der Waals surface area contributed by atoms with E-state index in [0.29, 0.717) is 19.0 Å². The zero-order valence-corrected chi connectivity index (χ0v) is 15.5. The van der Waals surface area contributed by atoms with Gasteiger partial charge in [-0.15, -0.1) is 0 Å². The molecule has 4 nitrogen and oxygen atoms in total. The molecule has 1 spiro atoms. The van der Waals surface area contributed by atoms with Gasteiger partial charge < -0.3 is 15.2 Å². The summed E-state index contributed by atoms with van der Waals surface area (Å²) in [5, 5.41) is 0. The number of rotatable bonds is 2. The van der Waals surface area contributed by atoms with Crippen molar-refractivity contribution >= 4 is 17.6 Å². The van der Waals surface area contributed by atoms with Crippen LogP contribution < -0.4 is 5.73 Å². The third-order valence-corrected chi connectivity index (χ3v) is 5.51. The van der Waals surface area contributed by atoms with Crippen molar-refractivity contribution in [1.82, 2.24) is 0 Å².